The number of benzene rings is 3. The highest BCUT2D eigenvalue weighted by Gasteiger charge is 2.48. The molecule has 3 aromatic carbocycles. The van der Waals surface area contributed by atoms with Gasteiger partial charge in [0, 0.05) is 29.4 Å². The summed E-state index contributed by atoms with van der Waals surface area (Å²) in [6, 6.07) is 22.2. The number of para-hydroxylation sites is 1. The lowest BCUT2D eigenvalue weighted by atomic mass is 9.88. The van der Waals surface area contributed by atoms with E-state index in [-0.39, 0.29) is 11.7 Å². The van der Waals surface area contributed by atoms with Crippen molar-refractivity contribution >= 4 is 51.6 Å². The number of hydrogen-bond acceptors (Lipinski definition) is 9. The molecule has 3 aromatic rings. The van der Waals surface area contributed by atoms with Crippen LogP contribution in [0.3, 0.4) is 0 Å². The molecular formula is C34H46N2O5S3. The minimum atomic E-state index is -3.47. The molecule has 0 radical (unpaired) electrons. The van der Waals surface area contributed by atoms with Crippen molar-refractivity contribution in [3.8, 4) is 5.75 Å². The molecule has 0 spiro atoms. The van der Waals surface area contributed by atoms with Crippen LogP contribution in [0, 0.1) is 0 Å². The second-order valence-electron chi connectivity index (χ2n) is 10.9. The molecule has 0 saturated heterocycles. The van der Waals surface area contributed by atoms with Gasteiger partial charge in [-0.1, -0.05) is 57.0 Å². The summed E-state index contributed by atoms with van der Waals surface area (Å²) in [4.78, 5) is 15.9. The van der Waals surface area contributed by atoms with Gasteiger partial charge in [0.15, 0.2) is 0 Å². The number of esters is 1. The van der Waals surface area contributed by atoms with Gasteiger partial charge >= 0.3 is 5.97 Å². The monoisotopic (exact) mass is 658 g/mol. The van der Waals surface area contributed by atoms with Gasteiger partial charge in [0.25, 0.3) is 0 Å². The number of ether oxygens (including phenoxy) is 2. The van der Waals surface area contributed by atoms with Crippen molar-refractivity contribution in [2.75, 3.05) is 37.2 Å². The molecule has 0 bridgehead atoms. The SMILES string of the molecule is CCCCC1(CC)CN(c2ccccc2)c2cc(SC)c(CSCC(=O)OCC)cc2S(O)(O)N1Cc1ccc(OC)cc1. The smallest absolute Gasteiger partial charge is 0.315 e. The van der Waals surface area contributed by atoms with E-state index in [1.807, 2.05) is 59.1 Å². The van der Waals surface area contributed by atoms with Crippen LogP contribution in [0.25, 0.3) is 0 Å². The van der Waals surface area contributed by atoms with Crippen molar-refractivity contribution in [1.82, 2.24) is 4.31 Å². The van der Waals surface area contributed by atoms with Crippen LogP contribution in [-0.4, -0.2) is 57.2 Å². The van der Waals surface area contributed by atoms with Crippen LogP contribution in [0.5, 0.6) is 5.75 Å². The predicted octanol–water partition coefficient (Wildman–Crippen LogP) is 9.23. The summed E-state index contributed by atoms with van der Waals surface area (Å²) >= 11 is 3.11. The van der Waals surface area contributed by atoms with Crippen LogP contribution in [0.1, 0.15) is 57.6 Å². The van der Waals surface area contributed by atoms with E-state index in [2.05, 4.69) is 36.9 Å². The minimum Gasteiger partial charge on any atom is -0.497 e. The van der Waals surface area contributed by atoms with E-state index in [1.165, 1.54) is 11.8 Å². The molecule has 0 saturated carbocycles. The van der Waals surface area contributed by atoms with Crippen molar-refractivity contribution in [3.05, 3.63) is 77.9 Å². The van der Waals surface area contributed by atoms with Gasteiger partial charge in [-0.2, -0.15) is 4.31 Å². The number of nitrogens with zero attached hydrogens (tertiary/aromatic N) is 2. The molecule has 240 valence electrons. The number of methoxy groups -OCH3 is 1. The maximum Gasteiger partial charge on any atom is 0.315 e. The number of rotatable bonds is 14. The number of carbonyl (C=O) groups is 1. The molecule has 0 amide bonds. The summed E-state index contributed by atoms with van der Waals surface area (Å²) in [7, 11) is -1.82. The van der Waals surface area contributed by atoms with Crippen LogP contribution >= 0.6 is 34.3 Å². The van der Waals surface area contributed by atoms with Crippen molar-refractivity contribution in [2.45, 2.75) is 74.1 Å². The number of hydrogen-bond donors (Lipinski definition) is 2. The summed E-state index contributed by atoms with van der Waals surface area (Å²) < 4.78 is 37.6. The summed E-state index contributed by atoms with van der Waals surface area (Å²) in [6.45, 7) is 7.49. The Kier molecular flexibility index (Phi) is 12.4. The van der Waals surface area contributed by atoms with Gasteiger partial charge in [-0.25, -0.2) is 0 Å². The second-order valence-corrected chi connectivity index (χ2v) is 14.7. The van der Waals surface area contributed by atoms with E-state index in [1.54, 1.807) is 25.8 Å². The fourth-order valence-electron chi connectivity index (χ4n) is 5.79. The Morgan fingerprint density at radius 1 is 1.05 bits per heavy atom. The summed E-state index contributed by atoms with van der Waals surface area (Å²) in [5, 5.41) is 0. The predicted molar refractivity (Wildman–Crippen MR) is 187 cm³/mol. The Balaban J connectivity index is 1.90. The topological polar surface area (TPSA) is 82.5 Å². The summed E-state index contributed by atoms with van der Waals surface area (Å²) in [6.07, 6.45) is 5.58. The van der Waals surface area contributed by atoms with Crippen LogP contribution in [-0.2, 0) is 21.8 Å². The van der Waals surface area contributed by atoms with Gasteiger partial charge < -0.3 is 14.4 Å². The highest BCUT2D eigenvalue weighted by atomic mass is 32.3. The van der Waals surface area contributed by atoms with Crippen molar-refractivity contribution < 1.29 is 23.4 Å². The average Bonchev–Trinajstić information content (AvgIpc) is 3.11. The van der Waals surface area contributed by atoms with Crippen molar-refractivity contribution in [3.63, 3.8) is 0 Å². The third kappa shape index (κ3) is 7.71. The van der Waals surface area contributed by atoms with E-state index in [0.717, 1.165) is 58.8 Å². The Morgan fingerprint density at radius 3 is 2.39 bits per heavy atom. The first-order valence-corrected chi connectivity index (χ1v) is 19.1. The largest absolute Gasteiger partial charge is 0.497 e. The van der Waals surface area contributed by atoms with Gasteiger partial charge in [0.1, 0.15) is 5.75 Å². The lowest BCUT2D eigenvalue weighted by molar-refractivity contribution is -0.139. The van der Waals surface area contributed by atoms with Crippen molar-refractivity contribution in [2.24, 2.45) is 0 Å². The minimum absolute atomic E-state index is 0.241. The molecule has 0 aliphatic carbocycles. The van der Waals surface area contributed by atoms with Crippen molar-refractivity contribution in [1.29, 1.82) is 0 Å². The second kappa shape index (κ2) is 15.8. The first-order chi connectivity index (χ1) is 21.2. The van der Waals surface area contributed by atoms with E-state index in [9.17, 15) is 13.9 Å². The molecule has 44 heavy (non-hydrogen) atoms. The fraction of sp³-hybridized carbons (Fsp3) is 0.441. The zero-order valence-electron chi connectivity index (χ0n) is 26.5. The first-order valence-electron chi connectivity index (χ1n) is 15.2. The third-order valence-corrected chi connectivity index (χ3v) is 12.0. The maximum absolute atomic E-state index is 12.6. The zero-order valence-corrected chi connectivity index (χ0v) is 28.9. The van der Waals surface area contributed by atoms with Gasteiger partial charge in [-0.15, -0.1) is 34.3 Å². The van der Waals surface area contributed by atoms with Gasteiger partial charge in [-0.05, 0) is 73.5 Å². The molecule has 7 nitrogen and oxygen atoms in total. The highest BCUT2D eigenvalue weighted by Crippen LogP contribution is 2.63. The van der Waals surface area contributed by atoms with E-state index in [4.69, 9.17) is 9.47 Å². The Hall–Kier alpha value is -2.34. The van der Waals surface area contributed by atoms with Crippen LogP contribution in [0.2, 0.25) is 0 Å². The summed E-state index contributed by atoms with van der Waals surface area (Å²) in [5.74, 6) is 1.31. The van der Waals surface area contributed by atoms with Crippen LogP contribution in [0.4, 0.5) is 11.4 Å². The molecule has 10 heteroatoms. The van der Waals surface area contributed by atoms with E-state index in [0.29, 0.717) is 30.3 Å². The molecule has 1 aliphatic heterocycles. The maximum atomic E-state index is 12.6. The molecular weight excluding hydrogens is 613 g/mol. The fourth-order valence-corrected chi connectivity index (χ4v) is 9.45. The Morgan fingerprint density at radius 2 is 1.77 bits per heavy atom. The highest BCUT2D eigenvalue weighted by molar-refractivity contribution is 8.22. The van der Waals surface area contributed by atoms with Gasteiger partial charge in [0.2, 0.25) is 0 Å². The van der Waals surface area contributed by atoms with Crippen LogP contribution < -0.4 is 9.64 Å². The third-order valence-electron chi connectivity index (χ3n) is 8.23. The number of anilines is 2. The lowest BCUT2D eigenvalue weighted by Crippen LogP contribution is -2.53. The quantitative estimate of drug-likeness (QED) is 0.130. The van der Waals surface area contributed by atoms with E-state index < -0.39 is 16.3 Å². The summed E-state index contributed by atoms with van der Waals surface area (Å²) in [5.41, 5.74) is 3.26. The lowest BCUT2D eigenvalue weighted by Gasteiger charge is -2.52. The Bertz CT molecular complexity index is 1370. The molecule has 1 unspecified atom stereocenters. The van der Waals surface area contributed by atoms with Crippen LogP contribution in [0.15, 0.2) is 76.5 Å². The molecule has 2 N–H and O–H groups in total. The van der Waals surface area contributed by atoms with E-state index >= 15 is 0 Å². The molecule has 1 atom stereocenters. The molecule has 1 aliphatic rings. The molecule has 1 heterocycles. The van der Waals surface area contributed by atoms with Gasteiger partial charge in [-0.3, -0.25) is 13.9 Å². The standard InChI is InChI=1S/C34H46N2O5S3/c1-6-9-19-34(7-2)25-35(28-13-11-10-12-14-28)30-21-31(42-5)27(23-43-24-33(37)41-8-3)20-32(30)44(38,39)36(34)22-26-15-17-29(40-4)18-16-26/h10-18,20-21,38-39H,6-9,19,22-25H2,1-5H3. The molecule has 4 rings (SSSR count). The zero-order chi connectivity index (χ0) is 31.7. The molecule has 0 fully saturated rings. The normalized spacial score (nSPS) is 18.8. The average molecular weight is 659 g/mol. The first kappa shape index (κ1) is 34.5. The number of thioether (sulfide) groups is 2. The Labute approximate surface area is 273 Å². The van der Waals surface area contributed by atoms with Gasteiger partial charge in [0.05, 0.1) is 35.6 Å². The molecule has 0 aromatic heterocycles. The number of carbonyl (C=O) groups excluding carboxylic acids is 1. The number of fused-ring (bicyclic) bond motifs is 1. The number of unbranched alkanes of at least 4 members (excludes halogenated alkanes) is 1.